The van der Waals surface area contributed by atoms with E-state index in [2.05, 4.69) is 15.9 Å². The number of nitrogens with zero attached hydrogens (tertiary/aromatic N) is 4. The number of benzene rings is 2. The summed E-state index contributed by atoms with van der Waals surface area (Å²) in [5.41, 5.74) is 3.66. The number of para-hydroxylation sites is 1. The lowest BCUT2D eigenvalue weighted by molar-refractivity contribution is -0.140. The Hall–Kier alpha value is -3.96. The largest absolute Gasteiger partial charge is 0.496 e. The van der Waals surface area contributed by atoms with Crippen molar-refractivity contribution in [1.82, 2.24) is 14.7 Å². The van der Waals surface area contributed by atoms with Crippen molar-refractivity contribution in [3.8, 4) is 28.8 Å². The number of rotatable bonds is 7. The van der Waals surface area contributed by atoms with Crippen LogP contribution in [0.2, 0.25) is 0 Å². The Morgan fingerprint density at radius 1 is 1.14 bits per heavy atom. The highest BCUT2D eigenvalue weighted by atomic mass is 79.9. The minimum atomic E-state index is -0.537. The molecule has 8 heteroatoms. The number of hydrogen-bond acceptors (Lipinski definition) is 5. The van der Waals surface area contributed by atoms with Gasteiger partial charge >= 0.3 is 0 Å². The van der Waals surface area contributed by atoms with Crippen molar-refractivity contribution in [1.29, 1.82) is 5.26 Å². The second-order valence-corrected chi connectivity index (χ2v) is 9.20. The number of ether oxygens (including phenoxy) is 1. The molecule has 0 saturated heterocycles. The van der Waals surface area contributed by atoms with Crippen LogP contribution in [0.1, 0.15) is 32.3 Å². The quantitative estimate of drug-likeness (QED) is 0.281. The van der Waals surface area contributed by atoms with E-state index in [4.69, 9.17) is 9.84 Å². The third-order valence-electron chi connectivity index (χ3n) is 6.05. The first-order valence-corrected chi connectivity index (χ1v) is 12.4. The van der Waals surface area contributed by atoms with Gasteiger partial charge < -0.3 is 4.74 Å². The SMILES string of the molecule is CCCCN1C(=O)C(C#N)=C(C)/C(=C\c2cn(-c3ccccc3)nc2-c2ccc(OC)c(Br)c2)C1=O. The molecule has 0 unspecified atom stereocenters. The van der Waals surface area contributed by atoms with Crippen LogP contribution in [-0.4, -0.2) is 40.1 Å². The number of carbonyl (C=O) groups excluding carboxylic acids is 2. The third-order valence-corrected chi connectivity index (χ3v) is 6.67. The van der Waals surface area contributed by atoms with Gasteiger partial charge in [-0.3, -0.25) is 14.5 Å². The van der Waals surface area contributed by atoms with E-state index in [0.717, 1.165) is 22.1 Å². The third kappa shape index (κ3) is 4.75. The van der Waals surface area contributed by atoms with Crippen LogP contribution in [0.15, 0.2) is 75.9 Å². The molecular formula is C28H25BrN4O3. The summed E-state index contributed by atoms with van der Waals surface area (Å²) in [6.07, 6.45) is 5.05. The maximum Gasteiger partial charge on any atom is 0.271 e. The minimum absolute atomic E-state index is 0.0128. The van der Waals surface area contributed by atoms with Crippen LogP contribution in [-0.2, 0) is 9.59 Å². The lowest BCUT2D eigenvalue weighted by Crippen LogP contribution is -2.43. The molecule has 1 aliphatic heterocycles. The van der Waals surface area contributed by atoms with E-state index in [1.165, 1.54) is 4.90 Å². The fourth-order valence-corrected chi connectivity index (χ4v) is 4.59. The topological polar surface area (TPSA) is 88.2 Å². The van der Waals surface area contributed by atoms with Gasteiger partial charge in [-0.15, -0.1) is 0 Å². The van der Waals surface area contributed by atoms with Crippen LogP contribution in [0, 0.1) is 11.3 Å². The Labute approximate surface area is 218 Å². The van der Waals surface area contributed by atoms with E-state index < -0.39 is 11.8 Å². The van der Waals surface area contributed by atoms with E-state index >= 15 is 0 Å². The van der Waals surface area contributed by atoms with Crippen molar-refractivity contribution in [3.63, 3.8) is 0 Å². The van der Waals surface area contributed by atoms with Crippen molar-refractivity contribution in [2.24, 2.45) is 0 Å². The first-order valence-electron chi connectivity index (χ1n) is 11.6. The maximum atomic E-state index is 13.4. The molecule has 2 amide bonds. The number of hydrogen-bond donors (Lipinski definition) is 0. The fraction of sp³-hybridized carbons (Fsp3) is 0.214. The molecule has 0 radical (unpaired) electrons. The fourth-order valence-electron chi connectivity index (χ4n) is 4.05. The smallest absolute Gasteiger partial charge is 0.271 e. The number of imide groups is 1. The lowest BCUT2D eigenvalue weighted by atomic mass is 9.93. The molecule has 2 aromatic carbocycles. The average molecular weight is 545 g/mol. The van der Waals surface area contributed by atoms with Gasteiger partial charge in [0.25, 0.3) is 11.8 Å². The molecule has 36 heavy (non-hydrogen) atoms. The summed E-state index contributed by atoms with van der Waals surface area (Å²) in [6.45, 7) is 3.90. The van der Waals surface area contributed by atoms with Crippen LogP contribution in [0.25, 0.3) is 23.0 Å². The van der Waals surface area contributed by atoms with Crippen LogP contribution < -0.4 is 4.74 Å². The number of nitriles is 1. The second kappa shape index (κ2) is 10.8. The van der Waals surface area contributed by atoms with Gasteiger partial charge in [-0.05, 0) is 71.3 Å². The molecule has 0 spiro atoms. The summed E-state index contributed by atoms with van der Waals surface area (Å²) in [6, 6.07) is 17.3. The van der Waals surface area contributed by atoms with Gasteiger partial charge in [0.05, 0.1) is 17.3 Å². The predicted octanol–water partition coefficient (Wildman–Crippen LogP) is 5.70. The normalized spacial score (nSPS) is 15.0. The molecule has 4 rings (SSSR count). The molecule has 0 fully saturated rings. The maximum absolute atomic E-state index is 13.4. The number of amides is 2. The summed E-state index contributed by atoms with van der Waals surface area (Å²) in [4.78, 5) is 27.4. The molecule has 2 heterocycles. The Morgan fingerprint density at radius 2 is 1.89 bits per heavy atom. The summed E-state index contributed by atoms with van der Waals surface area (Å²) < 4.78 is 7.88. The van der Waals surface area contributed by atoms with Gasteiger partial charge in [-0.25, -0.2) is 4.68 Å². The summed E-state index contributed by atoms with van der Waals surface area (Å²) in [5.74, 6) is -0.254. The van der Waals surface area contributed by atoms with E-state index in [1.54, 1.807) is 24.8 Å². The summed E-state index contributed by atoms with van der Waals surface area (Å²) in [5, 5.41) is 14.5. The van der Waals surface area contributed by atoms with Crippen LogP contribution in [0.3, 0.4) is 0 Å². The van der Waals surface area contributed by atoms with Gasteiger partial charge in [0.1, 0.15) is 23.1 Å². The molecule has 3 aromatic rings. The van der Waals surface area contributed by atoms with Crippen LogP contribution >= 0.6 is 15.9 Å². The highest BCUT2D eigenvalue weighted by Gasteiger charge is 2.35. The average Bonchev–Trinajstić information content (AvgIpc) is 3.31. The van der Waals surface area contributed by atoms with Crippen molar-refractivity contribution < 1.29 is 14.3 Å². The molecule has 1 aromatic heterocycles. The number of unbranched alkanes of at least 4 members (excludes halogenated alkanes) is 1. The van der Waals surface area contributed by atoms with Gasteiger partial charge in [0.15, 0.2) is 0 Å². The highest BCUT2D eigenvalue weighted by Crippen LogP contribution is 2.34. The standard InChI is InChI=1S/C28H25BrN4O3/c1-4-5-13-32-27(34)22(18(2)23(16-30)28(32)35)14-20-17-33(21-9-7-6-8-10-21)31-26(20)19-11-12-25(36-3)24(29)15-19/h6-12,14-15,17H,4-5,13H2,1-3H3/b22-14+. The number of carbonyl (C=O) groups is 2. The summed E-state index contributed by atoms with van der Waals surface area (Å²) in [7, 11) is 1.60. The minimum Gasteiger partial charge on any atom is -0.496 e. The monoisotopic (exact) mass is 544 g/mol. The molecule has 0 bridgehead atoms. The highest BCUT2D eigenvalue weighted by molar-refractivity contribution is 9.10. The Kier molecular flexibility index (Phi) is 7.51. The second-order valence-electron chi connectivity index (χ2n) is 8.35. The zero-order valence-corrected chi connectivity index (χ0v) is 21.9. The van der Waals surface area contributed by atoms with Gasteiger partial charge in [0, 0.05) is 29.4 Å². The first kappa shape index (κ1) is 25.1. The van der Waals surface area contributed by atoms with Crippen molar-refractivity contribution >= 4 is 33.8 Å². The lowest BCUT2D eigenvalue weighted by Gasteiger charge is -2.27. The predicted molar refractivity (Wildman–Crippen MR) is 141 cm³/mol. The van der Waals surface area contributed by atoms with E-state index in [1.807, 2.05) is 67.7 Å². The van der Waals surface area contributed by atoms with Crippen LogP contribution in [0.5, 0.6) is 5.75 Å². The van der Waals surface area contributed by atoms with Crippen molar-refractivity contribution in [2.75, 3.05) is 13.7 Å². The zero-order valence-electron chi connectivity index (χ0n) is 20.3. The molecular weight excluding hydrogens is 520 g/mol. The summed E-state index contributed by atoms with van der Waals surface area (Å²) >= 11 is 3.54. The van der Waals surface area contributed by atoms with E-state index in [0.29, 0.717) is 34.6 Å². The Morgan fingerprint density at radius 3 is 2.53 bits per heavy atom. The van der Waals surface area contributed by atoms with Gasteiger partial charge in [0.2, 0.25) is 0 Å². The molecule has 1 aliphatic rings. The van der Waals surface area contributed by atoms with Crippen LogP contribution in [0.4, 0.5) is 0 Å². The molecule has 0 atom stereocenters. The molecule has 0 aliphatic carbocycles. The molecule has 0 saturated carbocycles. The van der Waals surface area contributed by atoms with Crippen molar-refractivity contribution in [2.45, 2.75) is 26.7 Å². The molecule has 7 nitrogen and oxygen atoms in total. The van der Waals surface area contributed by atoms with E-state index in [9.17, 15) is 14.9 Å². The first-order chi connectivity index (χ1) is 17.4. The Bertz CT molecular complexity index is 1430. The number of halogens is 1. The van der Waals surface area contributed by atoms with Crippen molar-refractivity contribution in [3.05, 3.63) is 81.5 Å². The number of methoxy groups -OCH3 is 1. The van der Waals surface area contributed by atoms with Gasteiger partial charge in [-0.2, -0.15) is 10.4 Å². The molecule has 182 valence electrons. The zero-order chi connectivity index (χ0) is 25.8. The Balaban J connectivity index is 1.91. The van der Waals surface area contributed by atoms with Gasteiger partial charge in [-0.1, -0.05) is 31.5 Å². The number of aromatic nitrogens is 2. The van der Waals surface area contributed by atoms with E-state index in [-0.39, 0.29) is 12.1 Å². The molecule has 0 N–H and O–H groups in total.